The third-order valence-electron chi connectivity index (χ3n) is 5.79. The van der Waals surface area contributed by atoms with E-state index in [0.29, 0.717) is 24.4 Å². The van der Waals surface area contributed by atoms with Crippen molar-refractivity contribution in [2.45, 2.75) is 37.7 Å². The van der Waals surface area contributed by atoms with Crippen LogP contribution in [0.25, 0.3) is 0 Å². The highest BCUT2D eigenvalue weighted by Gasteiger charge is 2.43. The van der Waals surface area contributed by atoms with Gasteiger partial charge in [-0.05, 0) is 37.0 Å². The Kier molecular flexibility index (Phi) is 5.07. The van der Waals surface area contributed by atoms with E-state index in [0.717, 1.165) is 31.4 Å². The Bertz CT molecular complexity index is 867. The SMILES string of the molecule is CC[C@@H](C(=O)N1CCC[C@]2(CNC(=O)c3ccccc3O2)C1)c1ccccc1. The second-order valence-corrected chi connectivity index (χ2v) is 7.70. The number of piperidine rings is 1. The van der Waals surface area contributed by atoms with Crippen LogP contribution in [0.2, 0.25) is 0 Å². The number of rotatable bonds is 3. The van der Waals surface area contributed by atoms with E-state index < -0.39 is 5.60 Å². The van der Waals surface area contributed by atoms with Crippen molar-refractivity contribution in [2.24, 2.45) is 0 Å². The normalized spacial score (nSPS) is 22.6. The van der Waals surface area contributed by atoms with Crippen LogP contribution >= 0.6 is 0 Å². The lowest BCUT2D eigenvalue weighted by atomic mass is 9.89. The zero-order valence-electron chi connectivity index (χ0n) is 16.2. The summed E-state index contributed by atoms with van der Waals surface area (Å²) < 4.78 is 6.38. The molecule has 0 aliphatic carbocycles. The number of hydrogen-bond acceptors (Lipinski definition) is 3. The maximum Gasteiger partial charge on any atom is 0.255 e. The number of para-hydroxylation sites is 1. The summed E-state index contributed by atoms with van der Waals surface area (Å²) in [4.78, 5) is 27.7. The molecule has 2 aromatic carbocycles. The monoisotopic (exact) mass is 378 g/mol. The molecule has 1 fully saturated rings. The molecule has 2 aliphatic rings. The molecule has 0 aromatic heterocycles. The Labute approximate surface area is 165 Å². The van der Waals surface area contributed by atoms with Crippen LogP contribution in [0, 0.1) is 0 Å². The molecule has 2 aliphatic heterocycles. The first-order valence-electron chi connectivity index (χ1n) is 10.0. The van der Waals surface area contributed by atoms with Crippen LogP contribution in [0.3, 0.4) is 0 Å². The average Bonchev–Trinajstić information content (AvgIpc) is 2.86. The highest BCUT2D eigenvalue weighted by Crippen LogP contribution is 2.33. The molecular formula is C23H26N2O3. The molecule has 2 heterocycles. The second-order valence-electron chi connectivity index (χ2n) is 7.70. The number of carbonyl (C=O) groups excluding carboxylic acids is 2. The van der Waals surface area contributed by atoms with Crippen LogP contribution in [0.5, 0.6) is 5.75 Å². The van der Waals surface area contributed by atoms with Gasteiger partial charge < -0.3 is 15.0 Å². The lowest BCUT2D eigenvalue weighted by Crippen LogP contribution is -2.58. The number of hydrogen-bond donors (Lipinski definition) is 1. The van der Waals surface area contributed by atoms with E-state index in [1.54, 1.807) is 6.07 Å². The van der Waals surface area contributed by atoms with Gasteiger partial charge >= 0.3 is 0 Å². The summed E-state index contributed by atoms with van der Waals surface area (Å²) in [5.74, 6) is 0.470. The van der Waals surface area contributed by atoms with E-state index in [4.69, 9.17) is 4.74 Å². The molecule has 0 radical (unpaired) electrons. The third kappa shape index (κ3) is 3.49. The molecular weight excluding hydrogens is 352 g/mol. The molecule has 2 amide bonds. The Morgan fingerprint density at radius 3 is 2.71 bits per heavy atom. The number of likely N-dealkylation sites (tertiary alicyclic amines) is 1. The van der Waals surface area contributed by atoms with Crippen molar-refractivity contribution in [3.63, 3.8) is 0 Å². The lowest BCUT2D eigenvalue weighted by Gasteiger charge is -2.43. The Morgan fingerprint density at radius 2 is 1.93 bits per heavy atom. The van der Waals surface area contributed by atoms with Gasteiger partial charge in [0.1, 0.15) is 11.4 Å². The largest absolute Gasteiger partial charge is 0.483 e. The topological polar surface area (TPSA) is 58.6 Å². The maximum absolute atomic E-state index is 13.3. The highest BCUT2D eigenvalue weighted by molar-refractivity contribution is 5.97. The van der Waals surface area contributed by atoms with Gasteiger partial charge in [0.25, 0.3) is 5.91 Å². The number of amides is 2. The summed E-state index contributed by atoms with van der Waals surface area (Å²) in [5, 5.41) is 2.99. The third-order valence-corrected chi connectivity index (χ3v) is 5.79. The minimum atomic E-state index is -0.578. The number of fused-ring (bicyclic) bond motifs is 1. The maximum atomic E-state index is 13.3. The molecule has 1 spiro atoms. The van der Waals surface area contributed by atoms with Gasteiger partial charge in [-0.25, -0.2) is 0 Å². The van der Waals surface area contributed by atoms with Crippen molar-refractivity contribution < 1.29 is 14.3 Å². The zero-order valence-corrected chi connectivity index (χ0v) is 16.2. The van der Waals surface area contributed by atoms with Gasteiger partial charge in [-0.1, -0.05) is 49.4 Å². The van der Waals surface area contributed by atoms with Crippen molar-refractivity contribution in [1.82, 2.24) is 10.2 Å². The van der Waals surface area contributed by atoms with Gasteiger partial charge in [-0.15, -0.1) is 0 Å². The molecule has 0 saturated carbocycles. The zero-order chi connectivity index (χ0) is 19.6. The minimum absolute atomic E-state index is 0.119. The first kappa shape index (κ1) is 18.5. The van der Waals surface area contributed by atoms with Crippen LogP contribution in [0.15, 0.2) is 54.6 Å². The molecule has 2 aromatic rings. The second kappa shape index (κ2) is 7.66. The fourth-order valence-corrected chi connectivity index (χ4v) is 4.32. The van der Waals surface area contributed by atoms with E-state index >= 15 is 0 Å². The number of nitrogens with zero attached hydrogens (tertiary/aromatic N) is 1. The molecule has 1 saturated heterocycles. The summed E-state index contributed by atoms with van der Waals surface area (Å²) in [5.41, 5.74) is 1.03. The predicted octanol–water partition coefficient (Wildman–Crippen LogP) is 3.36. The van der Waals surface area contributed by atoms with E-state index in [2.05, 4.69) is 5.32 Å². The first-order chi connectivity index (χ1) is 13.6. The molecule has 1 N–H and O–H groups in total. The minimum Gasteiger partial charge on any atom is -0.483 e. The van der Waals surface area contributed by atoms with Gasteiger partial charge in [0.05, 0.1) is 24.6 Å². The van der Waals surface area contributed by atoms with Crippen molar-refractivity contribution >= 4 is 11.8 Å². The van der Waals surface area contributed by atoms with Gasteiger partial charge in [-0.2, -0.15) is 0 Å². The Hall–Kier alpha value is -2.82. The number of nitrogens with one attached hydrogen (secondary N) is 1. The standard InChI is InChI=1S/C23H26N2O3/c1-2-18(17-9-4-3-5-10-17)22(27)25-14-8-13-23(16-25)15-24-21(26)19-11-6-7-12-20(19)28-23/h3-7,9-12,18H,2,8,13-16H2,1H3,(H,24,26)/t18-,23+/m1/s1. The molecule has 2 atom stereocenters. The Morgan fingerprint density at radius 1 is 1.18 bits per heavy atom. The molecule has 5 heteroatoms. The van der Waals surface area contributed by atoms with Gasteiger partial charge in [0.2, 0.25) is 5.91 Å². The van der Waals surface area contributed by atoms with Crippen LogP contribution < -0.4 is 10.1 Å². The molecule has 28 heavy (non-hydrogen) atoms. The van der Waals surface area contributed by atoms with Gasteiger partial charge in [0.15, 0.2) is 0 Å². The van der Waals surface area contributed by atoms with E-state index in [1.807, 2.05) is 60.4 Å². The molecule has 4 rings (SSSR count). The number of benzene rings is 2. The average molecular weight is 378 g/mol. The fraction of sp³-hybridized carbons (Fsp3) is 0.391. The van der Waals surface area contributed by atoms with Gasteiger partial charge in [0, 0.05) is 6.54 Å². The predicted molar refractivity (Wildman–Crippen MR) is 107 cm³/mol. The Balaban J connectivity index is 1.57. The first-order valence-corrected chi connectivity index (χ1v) is 10.0. The van der Waals surface area contributed by atoms with Crippen molar-refractivity contribution in [3.8, 4) is 5.75 Å². The molecule has 5 nitrogen and oxygen atoms in total. The van der Waals surface area contributed by atoms with Gasteiger partial charge in [-0.3, -0.25) is 9.59 Å². The summed E-state index contributed by atoms with van der Waals surface area (Å²) in [7, 11) is 0. The van der Waals surface area contributed by atoms with Crippen LogP contribution in [0.4, 0.5) is 0 Å². The van der Waals surface area contributed by atoms with E-state index in [9.17, 15) is 9.59 Å². The summed E-state index contributed by atoms with van der Waals surface area (Å²) in [6, 6.07) is 17.3. The van der Waals surface area contributed by atoms with Crippen molar-refractivity contribution in [2.75, 3.05) is 19.6 Å². The van der Waals surface area contributed by atoms with Crippen LogP contribution in [-0.4, -0.2) is 41.9 Å². The van der Waals surface area contributed by atoms with E-state index in [1.165, 1.54) is 0 Å². The smallest absolute Gasteiger partial charge is 0.255 e. The quantitative estimate of drug-likeness (QED) is 0.891. The summed E-state index contributed by atoms with van der Waals surface area (Å²) >= 11 is 0. The lowest BCUT2D eigenvalue weighted by molar-refractivity contribution is -0.138. The van der Waals surface area contributed by atoms with Crippen molar-refractivity contribution in [3.05, 3.63) is 65.7 Å². The summed E-state index contributed by atoms with van der Waals surface area (Å²) in [6.07, 6.45) is 2.43. The molecule has 146 valence electrons. The number of ether oxygens (including phenoxy) is 1. The molecule has 0 unspecified atom stereocenters. The highest BCUT2D eigenvalue weighted by atomic mass is 16.5. The van der Waals surface area contributed by atoms with E-state index in [-0.39, 0.29) is 17.7 Å². The number of carbonyl (C=O) groups is 2. The van der Waals surface area contributed by atoms with Crippen LogP contribution in [0.1, 0.15) is 48.0 Å². The van der Waals surface area contributed by atoms with Crippen molar-refractivity contribution in [1.29, 1.82) is 0 Å². The fourth-order valence-electron chi connectivity index (χ4n) is 4.32. The molecule has 0 bridgehead atoms. The summed E-state index contributed by atoms with van der Waals surface area (Å²) in [6.45, 7) is 3.67. The van der Waals surface area contributed by atoms with Crippen LogP contribution in [-0.2, 0) is 4.79 Å².